The van der Waals surface area contributed by atoms with Crippen LogP contribution in [0.2, 0.25) is 0 Å². The molecule has 3 aromatic carbocycles. The van der Waals surface area contributed by atoms with E-state index in [-0.39, 0.29) is 10.8 Å². The summed E-state index contributed by atoms with van der Waals surface area (Å²) in [5, 5.41) is 0. The highest BCUT2D eigenvalue weighted by Gasteiger charge is 2.44. The van der Waals surface area contributed by atoms with Crippen LogP contribution in [0, 0.1) is 37.0 Å². The zero-order valence-corrected chi connectivity index (χ0v) is 33.1. The number of methoxy groups -OCH3 is 1. The molecule has 270 valence electrons. The highest BCUT2D eigenvalue weighted by Crippen LogP contribution is 2.55. The number of allylic oxidation sites excluding steroid dienone is 3. The van der Waals surface area contributed by atoms with Crippen LogP contribution in [0.4, 0.5) is 11.4 Å². The number of benzene rings is 3. The minimum Gasteiger partial charge on any atom is -0.496 e. The van der Waals surface area contributed by atoms with E-state index in [0.717, 1.165) is 62.5 Å². The van der Waals surface area contributed by atoms with Gasteiger partial charge in [-0.1, -0.05) is 88.2 Å². The molecule has 3 aliphatic carbocycles. The van der Waals surface area contributed by atoms with Crippen LogP contribution in [0.25, 0.3) is 0 Å². The summed E-state index contributed by atoms with van der Waals surface area (Å²) in [6.45, 7) is 15.1. The van der Waals surface area contributed by atoms with Gasteiger partial charge in [-0.2, -0.15) is 0 Å². The highest BCUT2D eigenvalue weighted by atomic mass is 32.2. The van der Waals surface area contributed by atoms with Crippen LogP contribution in [0.5, 0.6) is 5.75 Å². The topological polar surface area (TPSA) is 29.5 Å². The van der Waals surface area contributed by atoms with Crippen molar-refractivity contribution >= 4 is 29.4 Å². The van der Waals surface area contributed by atoms with Gasteiger partial charge in [0.1, 0.15) is 12.0 Å². The maximum Gasteiger partial charge on any atom is 0.143 e. The van der Waals surface area contributed by atoms with Gasteiger partial charge in [0, 0.05) is 33.3 Å². The van der Waals surface area contributed by atoms with Gasteiger partial charge >= 0.3 is 0 Å². The van der Waals surface area contributed by atoms with Crippen LogP contribution >= 0.6 is 11.8 Å². The molecule has 0 saturated heterocycles. The number of carbonyl (C=O) groups is 1. The predicted molar refractivity (Wildman–Crippen MR) is 216 cm³/mol. The van der Waals surface area contributed by atoms with Gasteiger partial charge in [-0.25, -0.2) is 0 Å². The first-order valence-corrected chi connectivity index (χ1v) is 20.5. The third-order valence-electron chi connectivity index (χ3n) is 12.7. The van der Waals surface area contributed by atoms with Gasteiger partial charge in [-0.3, -0.25) is 4.79 Å². The minimum absolute atomic E-state index is 0.116. The fraction of sp³-hybridized carbons (Fsp3) is 0.511. The van der Waals surface area contributed by atoms with E-state index in [2.05, 4.69) is 101 Å². The number of nitrogens with zero attached hydrogens (tertiary/aromatic N) is 1. The Kier molecular flexibility index (Phi) is 10.4. The normalized spacial score (nSPS) is 25.8. The smallest absolute Gasteiger partial charge is 0.143 e. The van der Waals surface area contributed by atoms with Crippen molar-refractivity contribution in [1.82, 2.24) is 0 Å². The molecule has 0 N–H and O–H groups in total. The molecule has 3 nitrogen and oxygen atoms in total. The molecule has 1 heterocycles. The SMILES string of the molecule is COc1ccc(N2CCCc3cc(CC(C)C4=C(Sc5c(C)cccc5C)/C(=C/C=O)CC(C)(C)C4)ccc32)cc1C12CCCC(CC(C)C1)C2. The van der Waals surface area contributed by atoms with Crippen LogP contribution < -0.4 is 9.64 Å². The number of rotatable bonds is 9. The molecule has 4 unspecified atom stereocenters. The number of carbonyl (C=O) groups excluding carboxylic acids is 1. The molecule has 3 aromatic rings. The fourth-order valence-corrected chi connectivity index (χ4v) is 12.0. The second-order valence-electron chi connectivity index (χ2n) is 17.5. The third-order valence-corrected chi connectivity index (χ3v) is 14.3. The Bertz CT molecular complexity index is 1830. The summed E-state index contributed by atoms with van der Waals surface area (Å²) in [5.74, 6) is 3.08. The van der Waals surface area contributed by atoms with Gasteiger partial charge in [-0.15, -0.1) is 0 Å². The van der Waals surface area contributed by atoms with Crippen LogP contribution in [-0.2, 0) is 23.1 Å². The van der Waals surface area contributed by atoms with Crippen LogP contribution in [-0.4, -0.2) is 19.9 Å². The third kappa shape index (κ3) is 7.37. The minimum atomic E-state index is 0.116. The van der Waals surface area contributed by atoms with Crippen molar-refractivity contribution < 1.29 is 9.53 Å². The van der Waals surface area contributed by atoms with E-state index in [0.29, 0.717) is 5.92 Å². The van der Waals surface area contributed by atoms with E-state index in [4.69, 9.17) is 4.74 Å². The molecule has 2 fully saturated rings. The first-order chi connectivity index (χ1) is 24.5. The number of aldehydes is 1. The number of thioether (sulfide) groups is 1. The number of hydrogen-bond acceptors (Lipinski definition) is 4. The van der Waals surface area contributed by atoms with Gasteiger partial charge in [0.2, 0.25) is 0 Å². The molecule has 4 aliphatic rings. The van der Waals surface area contributed by atoms with Gasteiger partial charge in [-0.05, 0) is 158 Å². The Morgan fingerprint density at radius 3 is 2.59 bits per heavy atom. The summed E-state index contributed by atoms with van der Waals surface area (Å²) in [4.78, 5) is 17.2. The predicted octanol–water partition coefficient (Wildman–Crippen LogP) is 12.4. The lowest BCUT2D eigenvalue weighted by Gasteiger charge is -2.49. The summed E-state index contributed by atoms with van der Waals surface area (Å²) in [6, 6.07) is 20.9. The van der Waals surface area contributed by atoms with Crippen LogP contribution in [0.1, 0.15) is 113 Å². The van der Waals surface area contributed by atoms with Crippen molar-refractivity contribution in [3.05, 3.63) is 105 Å². The van der Waals surface area contributed by atoms with Crippen LogP contribution in [0.3, 0.4) is 0 Å². The number of fused-ring (bicyclic) bond motifs is 3. The Balaban J connectivity index is 1.19. The summed E-state index contributed by atoms with van der Waals surface area (Å²) >= 11 is 1.89. The molecule has 4 atom stereocenters. The van der Waals surface area contributed by atoms with E-state index in [1.165, 1.54) is 98.7 Å². The van der Waals surface area contributed by atoms with Gasteiger partial charge < -0.3 is 9.64 Å². The van der Waals surface area contributed by atoms with Crippen molar-refractivity contribution in [3.8, 4) is 5.75 Å². The van der Waals surface area contributed by atoms with E-state index >= 15 is 0 Å². The maximum atomic E-state index is 11.9. The van der Waals surface area contributed by atoms with E-state index in [1.54, 1.807) is 0 Å². The number of anilines is 2. The lowest BCUT2D eigenvalue weighted by molar-refractivity contribution is -0.104. The molecular weight excluding hydrogens is 643 g/mol. The highest BCUT2D eigenvalue weighted by molar-refractivity contribution is 8.03. The number of aryl methyl sites for hydroxylation is 3. The van der Waals surface area contributed by atoms with E-state index in [1.807, 2.05) is 24.9 Å². The Labute approximate surface area is 312 Å². The molecule has 4 heteroatoms. The molecule has 0 radical (unpaired) electrons. The summed E-state index contributed by atoms with van der Waals surface area (Å²) in [7, 11) is 1.86. The van der Waals surface area contributed by atoms with Crippen molar-refractivity contribution in [1.29, 1.82) is 0 Å². The Morgan fingerprint density at radius 1 is 1.02 bits per heavy atom. The van der Waals surface area contributed by atoms with Gasteiger partial charge in [0.05, 0.1) is 7.11 Å². The molecule has 0 aromatic heterocycles. The Hall–Kier alpha value is -3.24. The zero-order chi connectivity index (χ0) is 35.9. The van der Waals surface area contributed by atoms with Crippen molar-refractivity contribution in [2.75, 3.05) is 18.6 Å². The zero-order valence-electron chi connectivity index (χ0n) is 32.2. The molecule has 7 rings (SSSR count). The second kappa shape index (κ2) is 14.6. The molecular formula is C47H59NO2S. The Morgan fingerprint density at radius 2 is 1.82 bits per heavy atom. The molecule has 0 amide bonds. The lowest BCUT2D eigenvalue weighted by Crippen LogP contribution is -2.40. The van der Waals surface area contributed by atoms with Crippen molar-refractivity contribution in [2.45, 2.75) is 122 Å². The molecule has 1 aliphatic heterocycles. The van der Waals surface area contributed by atoms with Gasteiger partial charge in [0.25, 0.3) is 0 Å². The van der Waals surface area contributed by atoms with Crippen LogP contribution in [0.15, 0.2) is 81.6 Å². The monoisotopic (exact) mass is 701 g/mol. The summed E-state index contributed by atoms with van der Waals surface area (Å²) in [6.07, 6.45) is 16.1. The first-order valence-electron chi connectivity index (χ1n) is 19.7. The second-order valence-corrected chi connectivity index (χ2v) is 18.5. The standard InChI is InChI=1S/C47H59NO2S/c1-31-23-36-13-9-20-47(27-31,28-36)41-26-39(16-18-43(41)50-7)48-21-10-14-37-25-35(15-17-42(37)48)24-34(4)40-30-46(5,6)29-38(19-22-49)45(40)51-44-32(2)11-8-12-33(44)3/h8,11-12,15-19,22,25-26,31,34,36H,9-10,13-14,20-21,23-24,27-30H2,1-7H3/b38-19+. The van der Waals surface area contributed by atoms with Crippen molar-refractivity contribution in [2.24, 2.45) is 23.2 Å². The number of ether oxygens (including phenoxy) is 1. The summed E-state index contributed by atoms with van der Waals surface area (Å²) in [5.41, 5.74) is 12.7. The molecule has 2 bridgehead atoms. The molecule has 51 heavy (non-hydrogen) atoms. The largest absolute Gasteiger partial charge is 0.496 e. The maximum absolute atomic E-state index is 11.9. The van der Waals surface area contributed by atoms with Crippen molar-refractivity contribution in [3.63, 3.8) is 0 Å². The average molecular weight is 702 g/mol. The molecule has 0 spiro atoms. The lowest BCUT2D eigenvalue weighted by atomic mass is 9.56. The van der Waals surface area contributed by atoms with E-state index < -0.39 is 0 Å². The quantitative estimate of drug-likeness (QED) is 0.164. The average Bonchev–Trinajstić information content (AvgIpc) is 3.09. The van der Waals surface area contributed by atoms with E-state index in [9.17, 15) is 4.79 Å². The fourth-order valence-electron chi connectivity index (χ4n) is 10.6. The molecule has 2 saturated carbocycles. The van der Waals surface area contributed by atoms with Gasteiger partial charge in [0.15, 0.2) is 0 Å². The summed E-state index contributed by atoms with van der Waals surface area (Å²) < 4.78 is 6.08. The number of hydrogen-bond donors (Lipinski definition) is 0. The first kappa shape index (κ1) is 36.1.